The van der Waals surface area contributed by atoms with Crippen molar-refractivity contribution in [2.45, 2.75) is 32.7 Å². The Hall–Kier alpha value is -3.41. The van der Waals surface area contributed by atoms with Crippen molar-refractivity contribution in [3.05, 3.63) is 71.9 Å². The van der Waals surface area contributed by atoms with Crippen LogP contribution < -0.4 is 15.0 Å². The maximum absolute atomic E-state index is 12.9. The minimum atomic E-state index is -0.0608. The first-order chi connectivity index (χ1) is 15.5. The van der Waals surface area contributed by atoms with Gasteiger partial charge in [-0.1, -0.05) is 35.9 Å². The third kappa shape index (κ3) is 5.07. The van der Waals surface area contributed by atoms with Crippen molar-refractivity contribution in [2.24, 2.45) is 5.92 Å². The van der Waals surface area contributed by atoms with E-state index < -0.39 is 0 Å². The average Bonchev–Trinajstić information content (AvgIpc) is 2.84. The number of amides is 1. The lowest BCUT2D eigenvalue weighted by Gasteiger charge is -2.32. The molecule has 2 aromatic carbocycles. The van der Waals surface area contributed by atoms with Gasteiger partial charge in [-0.15, -0.1) is 0 Å². The number of aryl methyl sites for hydroxylation is 1. The van der Waals surface area contributed by atoms with Gasteiger partial charge in [0, 0.05) is 30.8 Å². The zero-order chi connectivity index (χ0) is 22.5. The molecule has 1 N–H and O–H groups in total. The van der Waals surface area contributed by atoms with Crippen LogP contribution in [-0.4, -0.2) is 36.1 Å². The molecule has 2 heterocycles. The second-order valence-corrected chi connectivity index (χ2v) is 8.38. The van der Waals surface area contributed by atoms with Gasteiger partial charge in [0.05, 0.1) is 13.2 Å². The monoisotopic (exact) mass is 430 g/mol. The Morgan fingerprint density at radius 3 is 2.66 bits per heavy atom. The van der Waals surface area contributed by atoms with E-state index in [-0.39, 0.29) is 17.9 Å². The van der Waals surface area contributed by atoms with Gasteiger partial charge in [0.2, 0.25) is 5.91 Å². The Morgan fingerprint density at radius 1 is 1.12 bits per heavy atom. The van der Waals surface area contributed by atoms with Crippen molar-refractivity contribution in [1.82, 2.24) is 15.3 Å². The van der Waals surface area contributed by atoms with E-state index in [1.165, 1.54) is 5.56 Å². The maximum atomic E-state index is 12.9. The van der Waals surface area contributed by atoms with E-state index in [0.717, 1.165) is 54.4 Å². The number of hydrogen-bond donors (Lipinski definition) is 1. The first kappa shape index (κ1) is 21.8. The molecule has 1 saturated heterocycles. The lowest BCUT2D eigenvalue weighted by Crippen LogP contribution is -2.41. The number of nitrogens with zero attached hydrogens (tertiary/aromatic N) is 3. The predicted molar refractivity (Wildman–Crippen MR) is 127 cm³/mol. The van der Waals surface area contributed by atoms with E-state index in [0.29, 0.717) is 0 Å². The number of nitrogens with one attached hydrogen (secondary N) is 1. The Kier molecular flexibility index (Phi) is 6.69. The first-order valence-electron chi connectivity index (χ1n) is 11.1. The molecule has 1 aliphatic heterocycles. The van der Waals surface area contributed by atoms with Gasteiger partial charge in [-0.3, -0.25) is 4.79 Å². The number of hydrogen-bond acceptors (Lipinski definition) is 5. The van der Waals surface area contributed by atoms with Gasteiger partial charge in [0.25, 0.3) is 0 Å². The second kappa shape index (κ2) is 9.81. The van der Waals surface area contributed by atoms with Crippen LogP contribution in [0.4, 0.5) is 5.82 Å². The maximum Gasteiger partial charge on any atom is 0.223 e. The summed E-state index contributed by atoms with van der Waals surface area (Å²) in [6.07, 6.45) is 3.43. The molecule has 1 atom stereocenters. The Labute approximate surface area is 189 Å². The molecule has 0 radical (unpaired) electrons. The molecule has 1 aliphatic rings. The van der Waals surface area contributed by atoms with E-state index >= 15 is 0 Å². The number of ether oxygens (including phenoxy) is 1. The van der Waals surface area contributed by atoms with Gasteiger partial charge < -0.3 is 15.0 Å². The molecule has 4 rings (SSSR count). The molecule has 1 aromatic heterocycles. The fourth-order valence-corrected chi connectivity index (χ4v) is 4.14. The van der Waals surface area contributed by atoms with Gasteiger partial charge in [-0.05, 0) is 56.5 Å². The van der Waals surface area contributed by atoms with Crippen molar-refractivity contribution in [1.29, 1.82) is 0 Å². The highest BCUT2D eigenvalue weighted by Gasteiger charge is 2.27. The minimum Gasteiger partial charge on any atom is -0.497 e. The van der Waals surface area contributed by atoms with Crippen molar-refractivity contribution in [3.8, 4) is 17.1 Å². The molecule has 0 aliphatic carbocycles. The van der Waals surface area contributed by atoms with Crippen molar-refractivity contribution >= 4 is 11.7 Å². The summed E-state index contributed by atoms with van der Waals surface area (Å²) in [5.74, 6) is 2.57. The fourth-order valence-electron chi connectivity index (χ4n) is 4.14. The van der Waals surface area contributed by atoms with Crippen molar-refractivity contribution in [2.75, 3.05) is 25.1 Å². The van der Waals surface area contributed by atoms with E-state index in [9.17, 15) is 4.79 Å². The quantitative estimate of drug-likeness (QED) is 0.621. The third-order valence-corrected chi connectivity index (χ3v) is 6.06. The Bertz CT molecular complexity index is 1080. The number of methoxy groups -OCH3 is 1. The van der Waals surface area contributed by atoms with Gasteiger partial charge in [0.15, 0.2) is 5.82 Å². The molecule has 166 valence electrons. The predicted octanol–water partition coefficient (Wildman–Crippen LogP) is 4.55. The smallest absolute Gasteiger partial charge is 0.223 e. The van der Waals surface area contributed by atoms with Crippen LogP contribution in [0.1, 0.15) is 36.9 Å². The SMILES string of the molecule is COc1cccc(C(C)NC(=O)C2CCN(c3ccnc(-c4cccc(C)c4)n3)CC2)c1. The summed E-state index contributed by atoms with van der Waals surface area (Å²) < 4.78 is 5.29. The Balaban J connectivity index is 1.36. The molecular weight excluding hydrogens is 400 g/mol. The molecule has 0 saturated carbocycles. The van der Waals surface area contributed by atoms with Gasteiger partial charge in [-0.2, -0.15) is 0 Å². The van der Waals surface area contributed by atoms with Crippen LogP contribution in [0.5, 0.6) is 5.75 Å². The van der Waals surface area contributed by atoms with E-state index in [4.69, 9.17) is 9.72 Å². The zero-order valence-electron chi connectivity index (χ0n) is 18.9. The molecule has 1 fully saturated rings. The van der Waals surface area contributed by atoms with Crippen molar-refractivity contribution in [3.63, 3.8) is 0 Å². The molecule has 32 heavy (non-hydrogen) atoms. The highest BCUT2D eigenvalue weighted by atomic mass is 16.5. The fraction of sp³-hybridized carbons (Fsp3) is 0.346. The summed E-state index contributed by atoms with van der Waals surface area (Å²) in [4.78, 5) is 24.3. The van der Waals surface area contributed by atoms with Crippen LogP contribution >= 0.6 is 0 Å². The lowest BCUT2D eigenvalue weighted by molar-refractivity contribution is -0.126. The van der Waals surface area contributed by atoms with Crippen LogP contribution in [0.2, 0.25) is 0 Å². The number of carbonyl (C=O) groups excluding carboxylic acids is 1. The van der Waals surface area contributed by atoms with E-state index in [1.54, 1.807) is 7.11 Å². The van der Waals surface area contributed by atoms with Crippen molar-refractivity contribution < 1.29 is 9.53 Å². The number of benzene rings is 2. The van der Waals surface area contributed by atoms with Crippen LogP contribution in [0, 0.1) is 12.8 Å². The summed E-state index contributed by atoms with van der Waals surface area (Å²) in [6.45, 7) is 5.68. The number of aromatic nitrogens is 2. The molecule has 1 amide bonds. The number of rotatable bonds is 6. The normalized spacial score (nSPS) is 15.3. The third-order valence-electron chi connectivity index (χ3n) is 6.06. The van der Waals surface area contributed by atoms with Crippen LogP contribution in [-0.2, 0) is 4.79 Å². The second-order valence-electron chi connectivity index (χ2n) is 8.38. The summed E-state index contributed by atoms with van der Waals surface area (Å²) in [5.41, 5.74) is 3.25. The minimum absolute atomic E-state index is 0.0115. The largest absolute Gasteiger partial charge is 0.497 e. The molecule has 6 nitrogen and oxygen atoms in total. The van der Waals surface area contributed by atoms with Crippen LogP contribution in [0.15, 0.2) is 60.8 Å². The van der Waals surface area contributed by atoms with Crippen LogP contribution in [0.25, 0.3) is 11.4 Å². The molecule has 6 heteroatoms. The highest BCUT2D eigenvalue weighted by Crippen LogP contribution is 2.25. The lowest BCUT2D eigenvalue weighted by atomic mass is 9.95. The molecule has 1 unspecified atom stereocenters. The first-order valence-corrected chi connectivity index (χ1v) is 11.1. The topological polar surface area (TPSA) is 67.3 Å². The molecule has 0 bridgehead atoms. The van der Waals surface area contributed by atoms with E-state index in [1.807, 2.05) is 55.6 Å². The standard InChI is InChI=1S/C26H30N4O2/c1-18-6-4-8-22(16-18)25-27-13-10-24(29-25)30-14-11-20(12-15-30)26(31)28-19(2)21-7-5-9-23(17-21)32-3/h4-10,13,16-17,19-20H,11-12,14-15H2,1-3H3,(H,28,31). The van der Waals surface area contributed by atoms with Crippen LogP contribution in [0.3, 0.4) is 0 Å². The zero-order valence-corrected chi connectivity index (χ0v) is 18.9. The van der Waals surface area contributed by atoms with E-state index in [2.05, 4.69) is 34.3 Å². The molecule has 0 spiro atoms. The molecule has 3 aromatic rings. The van der Waals surface area contributed by atoms with Gasteiger partial charge >= 0.3 is 0 Å². The summed E-state index contributed by atoms with van der Waals surface area (Å²) in [5, 5.41) is 3.17. The molecular formula is C26H30N4O2. The number of carbonyl (C=O) groups is 1. The Morgan fingerprint density at radius 2 is 1.91 bits per heavy atom. The summed E-state index contributed by atoms with van der Waals surface area (Å²) in [7, 11) is 1.65. The van der Waals surface area contributed by atoms with Gasteiger partial charge in [-0.25, -0.2) is 9.97 Å². The number of piperidine rings is 1. The average molecular weight is 431 g/mol. The summed E-state index contributed by atoms with van der Waals surface area (Å²) in [6, 6.07) is 17.9. The highest BCUT2D eigenvalue weighted by molar-refractivity contribution is 5.79. The van der Waals surface area contributed by atoms with Gasteiger partial charge in [0.1, 0.15) is 11.6 Å². The number of anilines is 1. The summed E-state index contributed by atoms with van der Waals surface area (Å²) >= 11 is 0.